The molecule has 8 nitrogen and oxygen atoms in total. The molecule has 1 atom stereocenters. The lowest BCUT2D eigenvalue weighted by Gasteiger charge is -2.34. The fourth-order valence-electron chi connectivity index (χ4n) is 4.94. The van der Waals surface area contributed by atoms with Crippen LogP contribution in [-0.2, 0) is 11.4 Å². The number of rotatable bonds is 5. The number of anilines is 2. The van der Waals surface area contributed by atoms with Gasteiger partial charge < -0.3 is 20.5 Å². The molecule has 0 fully saturated rings. The summed E-state index contributed by atoms with van der Waals surface area (Å²) in [6.07, 6.45) is 1.04. The first-order chi connectivity index (χ1) is 19.6. The van der Waals surface area contributed by atoms with Crippen molar-refractivity contribution in [2.75, 3.05) is 10.6 Å². The molecule has 1 heterocycles. The molecule has 9 heteroatoms. The number of phenols is 1. The maximum Gasteiger partial charge on any atom is 0.269 e. The van der Waals surface area contributed by atoms with Crippen LogP contribution in [0.1, 0.15) is 57.7 Å². The van der Waals surface area contributed by atoms with E-state index in [0.29, 0.717) is 51.7 Å². The number of nitrogens with zero attached hydrogens (tertiary/aromatic N) is 1. The van der Waals surface area contributed by atoms with E-state index in [-0.39, 0.29) is 29.2 Å². The Kier molecular flexibility index (Phi) is 10.2. The number of non-ortho nitro benzene ring substituents is 1. The van der Waals surface area contributed by atoms with Gasteiger partial charge in [-0.05, 0) is 47.2 Å². The summed E-state index contributed by atoms with van der Waals surface area (Å²) < 4.78 is 5.85. The molecular formula is C32H36ClN3O5. The molecule has 1 aliphatic heterocycles. The Bertz CT molecular complexity index is 1470. The average molecular weight is 578 g/mol. The maximum atomic E-state index is 13.4. The number of ketones is 1. The number of benzene rings is 3. The Labute approximate surface area is 245 Å². The molecule has 0 amide bonds. The number of allylic oxidation sites excluding steroid dienone is 1. The number of hydrogen-bond donors (Lipinski definition) is 3. The third-order valence-corrected chi connectivity index (χ3v) is 6.96. The summed E-state index contributed by atoms with van der Waals surface area (Å²) in [5.41, 5.74) is 3.68. The molecule has 0 bridgehead atoms. The van der Waals surface area contributed by atoms with E-state index in [1.165, 1.54) is 12.1 Å². The highest BCUT2D eigenvalue weighted by atomic mass is 35.5. The number of halogens is 1. The number of aromatic hydroxyl groups is 1. The SMILES string of the molecule is C=C.CC.CC1(C)CC(=O)C2=C(C1)Nc1c(O)cccc1NC2c1ccc(OCc2cccc([N+](=O)[O-])c2)cc1Cl. The number of carbonyl (C=O) groups excluding carboxylic acids is 1. The van der Waals surface area contributed by atoms with Crippen molar-refractivity contribution in [2.24, 2.45) is 5.41 Å². The monoisotopic (exact) mass is 577 g/mol. The fourth-order valence-corrected chi connectivity index (χ4v) is 5.22. The normalized spacial score (nSPS) is 16.6. The van der Waals surface area contributed by atoms with Crippen LogP contribution in [0.4, 0.5) is 17.1 Å². The highest BCUT2D eigenvalue weighted by Crippen LogP contribution is 2.48. The molecule has 3 aromatic carbocycles. The number of nitro benzene ring substituents is 1. The van der Waals surface area contributed by atoms with E-state index >= 15 is 0 Å². The van der Waals surface area contributed by atoms with Crippen molar-refractivity contribution < 1.29 is 19.6 Å². The molecule has 1 unspecified atom stereocenters. The molecule has 41 heavy (non-hydrogen) atoms. The molecule has 0 aromatic heterocycles. The van der Waals surface area contributed by atoms with E-state index < -0.39 is 11.0 Å². The van der Waals surface area contributed by atoms with Crippen LogP contribution in [0.3, 0.4) is 0 Å². The van der Waals surface area contributed by atoms with Gasteiger partial charge in [0.15, 0.2) is 5.78 Å². The second kappa shape index (κ2) is 13.4. The second-order valence-corrected chi connectivity index (χ2v) is 10.5. The van der Waals surface area contributed by atoms with Gasteiger partial charge in [-0.1, -0.05) is 63.6 Å². The molecule has 2 aliphatic rings. The molecular weight excluding hydrogens is 542 g/mol. The Morgan fingerprint density at radius 2 is 1.80 bits per heavy atom. The van der Waals surface area contributed by atoms with Crippen LogP contribution in [0.25, 0.3) is 0 Å². The predicted molar refractivity (Wildman–Crippen MR) is 165 cm³/mol. The number of Topliss-reactive ketones (excluding diaryl/α,β-unsaturated/α-hetero) is 1. The average Bonchev–Trinajstić information content (AvgIpc) is 3.11. The van der Waals surface area contributed by atoms with Crippen molar-refractivity contribution in [3.63, 3.8) is 0 Å². The van der Waals surface area contributed by atoms with Gasteiger partial charge in [0.2, 0.25) is 0 Å². The van der Waals surface area contributed by atoms with Crippen molar-refractivity contribution in [1.29, 1.82) is 0 Å². The lowest BCUT2D eigenvalue weighted by Crippen LogP contribution is -2.31. The van der Waals surface area contributed by atoms with Crippen LogP contribution in [0.15, 0.2) is 85.1 Å². The van der Waals surface area contributed by atoms with Gasteiger partial charge in [-0.25, -0.2) is 0 Å². The molecule has 3 aromatic rings. The van der Waals surface area contributed by atoms with E-state index in [2.05, 4.69) is 37.6 Å². The minimum atomic E-state index is -0.535. The second-order valence-electron chi connectivity index (χ2n) is 10.1. The van der Waals surface area contributed by atoms with Crippen LogP contribution < -0.4 is 15.4 Å². The van der Waals surface area contributed by atoms with Gasteiger partial charge >= 0.3 is 0 Å². The minimum Gasteiger partial charge on any atom is -0.506 e. The van der Waals surface area contributed by atoms with E-state index in [4.69, 9.17) is 16.3 Å². The van der Waals surface area contributed by atoms with E-state index in [0.717, 1.165) is 5.70 Å². The zero-order chi connectivity index (χ0) is 30.3. The number of para-hydroxylation sites is 1. The first kappa shape index (κ1) is 31.2. The van der Waals surface area contributed by atoms with Crippen molar-refractivity contribution in [3.05, 3.63) is 111 Å². The van der Waals surface area contributed by atoms with Gasteiger partial charge in [-0.2, -0.15) is 0 Å². The van der Waals surface area contributed by atoms with Crippen LogP contribution in [-0.4, -0.2) is 15.8 Å². The molecule has 0 saturated heterocycles. The quantitative estimate of drug-likeness (QED) is 0.120. The summed E-state index contributed by atoms with van der Waals surface area (Å²) in [6, 6.07) is 16.2. The van der Waals surface area contributed by atoms with Gasteiger partial charge in [-0.15, -0.1) is 13.2 Å². The van der Waals surface area contributed by atoms with Gasteiger partial charge in [0.25, 0.3) is 5.69 Å². The van der Waals surface area contributed by atoms with Crippen molar-refractivity contribution in [3.8, 4) is 11.5 Å². The van der Waals surface area contributed by atoms with Gasteiger partial charge in [0, 0.05) is 34.8 Å². The van der Waals surface area contributed by atoms with Crippen LogP contribution in [0.2, 0.25) is 5.02 Å². The number of nitrogens with one attached hydrogen (secondary N) is 2. The predicted octanol–water partition coefficient (Wildman–Crippen LogP) is 8.58. The molecule has 216 valence electrons. The van der Waals surface area contributed by atoms with Crippen LogP contribution >= 0.6 is 11.6 Å². The number of nitro groups is 1. The van der Waals surface area contributed by atoms with Gasteiger partial charge in [-0.3, -0.25) is 14.9 Å². The molecule has 0 spiro atoms. The summed E-state index contributed by atoms with van der Waals surface area (Å²) in [5.74, 6) is 0.602. The summed E-state index contributed by atoms with van der Waals surface area (Å²) >= 11 is 6.74. The van der Waals surface area contributed by atoms with Crippen molar-refractivity contribution >= 4 is 34.4 Å². The highest BCUT2D eigenvalue weighted by molar-refractivity contribution is 6.31. The fraction of sp³-hybridized carbons (Fsp3) is 0.281. The van der Waals surface area contributed by atoms with Crippen LogP contribution in [0.5, 0.6) is 11.5 Å². The summed E-state index contributed by atoms with van der Waals surface area (Å²) in [5, 5.41) is 28.7. The Morgan fingerprint density at radius 3 is 2.49 bits per heavy atom. The molecule has 1 aliphatic carbocycles. The van der Waals surface area contributed by atoms with E-state index in [1.807, 2.05) is 26.0 Å². The summed E-state index contributed by atoms with van der Waals surface area (Å²) in [7, 11) is 0. The maximum absolute atomic E-state index is 13.4. The van der Waals surface area contributed by atoms with E-state index in [9.17, 15) is 20.0 Å². The lowest BCUT2D eigenvalue weighted by molar-refractivity contribution is -0.384. The molecule has 5 rings (SSSR count). The zero-order valence-corrected chi connectivity index (χ0v) is 24.5. The number of phenolic OH excluding ortho intramolecular Hbond substituents is 1. The number of ether oxygens (including phenoxy) is 1. The first-order valence-corrected chi connectivity index (χ1v) is 13.8. The lowest BCUT2D eigenvalue weighted by atomic mass is 9.73. The Balaban J connectivity index is 0.00000111. The number of fused-ring (bicyclic) bond motifs is 1. The summed E-state index contributed by atoms with van der Waals surface area (Å²) in [4.78, 5) is 24.0. The molecule has 0 radical (unpaired) electrons. The Hall–Kier alpha value is -4.30. The van der Waals surface area contributed by atoms with Gasteiger partial charge in [0.05, 0.1) is 16.7 Å². The summed E-state index contributed by atoms with van der Waals surface area (Å²) in [6.45, 7) is 14.2. The van der Waals surface area contributed by atoms with Crippen molar-refractivity contribution in [1.82, 2.24) is 0 Å². The van der Waals surface area contributed by atoms with Crippen molar-refractivity contribution in [2.45, 2.75) is 53.2 Å². The standard InChI is InChI=1S/C28H26ClN3O5.C2H6.C2H4/c1-28(2)13-22-25(24(34)14-28)26(30-21-7-4-8-23(33)27(21)31-22)19-10-9-18(12-20(19)29)37-15-16-5-3-6-17(11-16)32(35)36;2*1-2/h3-12,26,30-31,33H,13-15H2,1-2H3;1-2H3;1-2H2. The number of carbonyl (C=O) groups is 1. The van der Waals surface area contributed by atoms with E-state index in [1.54, 1.807) is 36.4 Å². The third-order valence-electron chi connectivity index (χ3n) is 6.64. The largest absolute Gasteiger partial charge is 0.506 e. The van der Waals surface area contributed by atoms with Gasteiger partial charge in [0.1, 0.15) is 23.8 Å². The highest BCUT2D eigenvalue weighted by Gasteiger charge is 2.39. The van der Waals surface area contributed by atoms with Crippen LogP contribution in [0, 0.1) is 15.5 Å². The zero-order valence-electron chi connectivity index (χ0n) is 23.8. The molecule has 0 saturated carbocycles. The minimum absolute atomic E-state index is 0.00162. The number of hydrogen-bond acceptors (Lipinski definition) is 7. The topological polar surface area (TPSA) is 114 Å². The molecule has 3 N–H and O–H groups in total. The smallest absolute Gasteiger partial charge is 0.269 e. The third kappa shape index (κ3) is 7.08. The first-order valence-electron chi connectivity index (χ1n) is 13.4. The Morgan fingerprint density at radius 1 is 1.10 bits per heavy atom.